The van der Waals surface area contributed by atoms with Crippen LogP contribution in [0.25, 0.3) is 0 Å². The molecule has 1 radical (unpaired) electrons. The van der Waals surface area contributed by atoms with Gasteiger partial charge in [0.25, 0.3) is 6.43 Å². The second-order valence-corrected chi connectivity index (χ2v) is 1.48. The maximum Gasteiger partial charge on any atom is 0.400 e. The average Bonchev–Trinajstić information content (AvgIpc) is 1.62. The van der Waals surface area contributed by atoms with Crippen LogP contribution >= 0.6 is 0 Å². The summed E-state index contributed by atoms with van der Waals surface area (Å²) in [6.45, 7) is 0.366. The summed E-state index contributed by atoms with van der Waals surface area (Å²) in [5.41, 5.74) is 0. The van der Waals surface area contributed by atoms with Crippen LogP contribution in [-0.2, 0) is 0 Å². The van der Waals surface area contributed by atoms with E-state index in [4.69, 9.17) is 0 Å². The van der Waals surface area contributed by atoms with Gasteiger partial charge in [0.15, 0.2) is 0 Å². The molecule has 0 saturated carbocycles. The molecular formula is C4H4F5. The first-order valence-electron chi connectivity index (χ1n) is 2.04. The topological polar surface area (TPSA) is 0 Å². The molecule has 0 nitrogen and oxygen atoms in total. The lowest BCUT2D eigenvalue weighted by Gasteiger charge is -2.12. The van der Waals surface area contributed by atoms with E-state index in [0.717, 1.165) is 0 Å². The standard InChI is InChI=1S/C4H4F5/c1-2(3(5)6)4(7,8)9/h3H,1H3. The summed E-state index contributed by atoms with van der Waals surface area (Å²) in [7, 11) is 0. The second kappa shape index (κ2) is 2.49. The van der Waals surface area contributed by atoms with Gasteiger partial charge < -0.3 is 0 Å². The van der Waals surface area contributed by atoms with E-state index in [-0.39, 0.29) is 0 Å². The van der Waals surface area contributed by atoms with Gasteiger partial charge in [0.1, 0.15) is 5.92 Å². The molecule has 0 aromatic carbocycles. The molecule has 9 heavy (non-hydrogen) atoms. The number of halogens is 5. The zero-order valence-corrected chi connectivity index (χ0v) is 4.47. The van der Waals surface area contributed by atoms with Gasteiger partial charge in [0.2, 0.25) is 0 Å². The van der Waals surface area contributed by atoms with Gasteiger partial charge in [-0.3, -0.25) is 0 Å². The van der Waals surface area contributed by atoms with Gasteiger partial charge >= 0.3 is 6.18 Å². The first-order chi connectivity index (χ1) is 3.85. The Morgan fingerprint density at radius 3 is 1.56 bits per heavy atom. The van der Waals surface area contributed by atoms with E-state index in [1.54, 1.807) is 0 Å². The monoisotopic (exact) mass is 147 g/mol. The molecule has 55 valence electrons. The number of hydrogen-bond acceptors (Lipinski definition) is 0. The van der Waals surface area contributed by atoms with E-state index in [2.05, 4.69) is 0 Å². The van der Waals surface area contributed by atoms with Gasteiger partial charge in [-0.05, 0) is 6.92 Å². The predicted molar refractivity (Wildman–Crippen MR) is 21.0 cm³/mol. The average molecular weight is 147 g/mol. The lowest BCUT2D eigenvalue weighted by Crippen LogP contribution is -2.23. The van der Waals surface area contributed by atoms with Crippen LogP contribution in [0.4, 0.5) is 22.0 Å². The highest BCUT2D eigenvalue weighted by Crippen LogP contribution is 2.31. The van der Waals surface area contributed by atoms with Crippen molar-refractivity contribution in [2.45, 2.75) is 19.5 Å². The molecule has 0 bridgehead atoms. The quantitative estimate of drug-likeness (QED) is 0.499. The molecule has 0 rings (SSSR count). The fraction of sp³-hybridized carbons (Fsp3) is 0.750. The fourth-order valence-electron chi connectivity index (χ4n) is 0.124. The zero-order valence-electron chi connectivity index (χ0n) is 4.47. The Labute approximate surface area is 48.7 Å². The van der Waals surface area contributed by atoms with Gasteiger partial charge in [0, 0.05) is 0 Å². The molecule has 0 aliphatic heterocycles. The minimum Gasteiger partial charge on any atom is -0.209 e. The van der Waals surface area contributed by atoms with Crippen molar-refractivity contribution in [3.8, 4) is 0 Å². The molecule has 0 unspecified atom stereocenters. The number of rotatable bonds is 1. The molecule has 0 aromatic rings. The molecule has 0 saturated heterocycles. The summed E-state index contributed by atoms with van der Waals surface area (Å²) in [4.78, 5) is 0. The van der Waals surface area contributed by atoms with Crippen molar-refractivity contribution in [2.75, 3.05) is 0 Å². The minimum absolute atomic E-state index is 0.366. The van der Waals surface area contributed by atoms with Crippen molar-refractivity contribution in [3.05, 3.63) is 5.92 Å². The molecule has 0 heterocycles. The van der Waals surface area contributed by atoms with Crippen molar-refractivity contribution in [3.63, 3.8) is 0 Å². The smallest absolute Gasteiger partial charge is 0.209 e. The molecular weight excluding hydrogens is 143 g/mol. The third-order valence-electron chi connectivity index (χ3n) is 0.774. The summed E-state index contributed by atoms with van der Waals surface area (Å²) < 4.78 is 55.9. The Hall–Kier alpha value is -0.350. The first-order valence-corrected chi connectivity index (χ1v) is 2.04. The largest absolute Gasteiger partial charge is 0.400 e. The lowest BCUT2D eigenvalue weighted by atomic mass is 10.2. The predicted octanol–water partition coefficient (Wildman–Crippen LogP) is 2.41. The zero-order chi connectivity index (χ0) is 7.65. The van der Waals surface area contributed by atoms with Gasteiger partial charge in [-0.1, -0.05) is 0 Å². The normalized spacial score (nSPS) is 13.3. The van der Waals surface area contributed by atoms with Crippen LogP contribution in [0.3, 0.4) is 0 Å². The maximum absolute atomic E-state index is 11.2. The molecule has 0 atom stereocenters. The minimum atomic E-state index is -4.85. The molecule has 5 heteroatoms. The highest BCUT2D eigenvalue weighted by atomic mass is 19.4. The van der Waals surface area contributed by atoms with Crippen LogP contribution in [-0.4, -0.2) is 12.6 Å². The van der Waals surface area contributed by atoms with Crippen LogP contribution in [0.1, 0.15) is 6.92 Å². The Morgan fingerprint density at radius 1 is 1.22 bits per heavy atom. The highest BCUT2D eigenvalue weighted by molar-refractivity contribution is 4.95. The van der Waals surface area contributed by atoms with E-state index >= 15 is 0 Å². The third-order valence-corrected chi connectivity index (χ3v) is 0.774. The van der Waals surface area contributed by atoms with Crippen LogP contribution in [0.5, 0.6) is 0 Å². The van der Waals surface area contributed by atoms with Crippen molar-refractivity contribution < 1.29 is 22.0 Å². The van der Waals surface area contributed by atoms with Gasteiger partial charge in [-0.2, -0.15) is 13.2 Å². The second-order valence-electron chi connectivity index (χ2n) is 1.48. The van der Waals surface area contributed by atoms with Crippen LogP contribution in [0.2, 0.25) is 0 Å². The Morgan fingerprint density at radius 2 is 1.56 bits per heavy atom. The molecule has 0 aliphatic rings. The Kier molecular flexibility index (Phi) is 2.40. The van der Waals surface area contributed by atoms with Gasteiger partial charge in [0.05, 0.1) is 0 Å². The van der Waals surface area contributed by atoms with Gasteiger partial charge in [-0.15, -0.1) is 0 Å². The molecule has 0 N–H and O–H groups in total. The van der Waals surface area contributed by atoms with Crippen LogP contribution < -0.4 is 0 Å². The molecule has 0 amide bonds. The van der Waals surface area contributed by atoms with Gasteiger partial charge in [-0.25, -0.2) is 8.78 Å². The lowest BCUT2D eigenvalue weighted by molar-refractivity contribution is -0.133. The summed E-state index contributed by atoms with van der Waals surface area (Å²) in [5, 5.41) is 0. The fourth-order valence-corrected chi connectivity index (χ4v) is 0.124. The van der Waals surface area contributed by atoms with Crippen LogP contribution in [0.15, 0.2) is 0 Å². The van der Waals surface area contributed by atoms with Crippen molar-refractivity contribution >= 4 is 0 Å². The highest BCUT2D eigenvalue weighted by Gasteiger charge is 2.42. The molecule has 0 aliphatic carbocycles. The Bertz CT molecular complexity index is 83.4. The summed E-state index contributed by atoms with van der Waals surface area (Å²) in [6, 6.07) is 0. The first kappa shape index (κ1) is 8.65. The van der Waals surface area contributed by atoms with E-state index in [1.165, 1.54) is 0 Å². The number of alkyl halides is 5. The van der Waals surface area contributed by atoms with E-state index in [1.807, 2.05) is 0 Å². The summed E-state index contributed by atoms with van der Waals surface area (Å²) in [6.07, 6.45) is -8.25. The third kappa shape index (κ3) is 2.62. The Balaban J connectivity index is 3.88. The van der Waals surface area contributed by atoms with Crippen molar-refractivity contribution in [1.82, 2.24) is 0 Å². The van der Waals surface area contributed by atoms with E-state index < -0.39 is 18.5 Å². The number of hydrogen-bond donors (Lipinski definition) is 0. The summed E-state index contributed by atoms with van der Waals surface area (Å²) >= 11 is 0. The maximum atomic E-state index is 11.2. The van der Waals surface area contributed by atoms with Crippen LogP contribution in [0, 0.1) is 5.92 Å². The SMILES string of the molecule is C[C](C(F)F)C(F)(F)F. The van der Waals surface area contributed by atoms with E-state index in [0.29, 0.717) is 6.92 Å². The molecule has 0 fully saturated rings. The molecule has 0 aromatic heterocycles. The molecule has 0 spiro atoms. The van der Waals surface area contributed by atoms with Crippen molar-refractivity contribution in [1.29, 1.82) is 0 Å². The van der Waals surface area contributed by atoms with E-state index in [9.17, 15) is 22.0 Å². The summed E-state index contributed by atoms with van der Waals surface area (Å²) in [5.74, 6) is -1.75. The van der Waals surface area contributed by atoms with Crippen molar-refractivity contribution in [2.24, 2.45) is 0 Å².